The summed E-state index contributed by atoms with van der Waals surface area (Å²) in [6, 6.07) is 5.71. The van der Waals surface area contributed by atoms with Crippen LogP contribution < -0.4 is 0 Å². The summed E-state index contributed by atoms with van der Waals surface area (Å²) in [5.41, 5.74) is 0.0251. The lowest BCUT2D eigenvalue weighted by Crippen LogP contribution is -2.48. The highest BCUT2D eigenvalue weighted by Crippen LogP contribution is 2.22. The minimum absolute atomic E-state index is 0.0278. The molecular formula is C13H18FNO. The highest BCUT2D eigenvalue weighted by Gasteiger charge is 2.34. The maximum Gasteiger partial charge on any atom is 0.182 e. The lowest BCUT2D eigenvalue weighted by atomic mass is 9.87. The molecule has 1 aromatic carbocycles. The number of carbonyl (C=O) groups excluding carboxylic acids is 1. The van der Waals surface area contributed by atoms with Crippen LogP contribution in [0.3, 0.4) is 0 Å². The Bertz CT molecular complexity index is 372. The zero-order valence-corrected chi connectivity index (χ0v) is 10.2. The van der Waals surface area contributed by atoms with Gasteiger partial charge in [0.2, 0.25) is 0 Å². The topological polar surface area (TPSA) is 20.3 Å². The Hall–Kier alpha value is -1.22. The molecule has 1 unspecified atom stereocenters. The Morgan fingerprint density at radius 3 is 2.19 bits per heavy atom. The fourth-order valence-electron chi connectivity index (χ4n) is 1.59. The molecule has 3 heteroatoms. The summed E-state index contributed by atoms with van der Waals surface area (Å²) in [4.78, 5) is 14.2. The average Bonchev–Trinajstić information content (AvgIpc) is 2.27. The molecule has 0 bridgehead atoms. The molecule has 0 aliphatic heterocycles. The van der Waals surface area contributed by atoms with Crippen LogP contribution in [-0.4, -0.2) is 30.3 Å². The fraction of sp³-hybridized carbons (Fsp3) is 0.462. The molecule has 16 heavy (non-hydrogen) atoms. The van der Waals surface area contributed by atoms with Crippen molar-refractivity contribution in [3.63, 3.8) is 0 Å². The van der Waals surface area contributed by atoms with Crippen LogP contribution in [0.15, 0.2) is 24.3 Å². The van der Waals surface area contributed by atoms with Crippen molar-refractivity contribution in [1.29, 1.82) is 0 Å². The van der Waals surface area contributed by atoms with Crippen LogP contribution >= 0.6 is 0 Å². The predicted molar refractivity (Wildman–Crippen MR) is 63.1 cm³/mol. The maximum atomic E-state index is 12.8. The van der Waals surface area contributed by atoms with Gasteiger partial charge < -0.3 is 0 Å². The van der Waals surface area contributed by atoms with Gasteiger partial charge in [-0.1, -0.05) is 6.92 Å². The summed E-state index contributed by atoms with van der Waals surface area (Å²) in [7, 11) is 3.76. The third kappa shape index (κ3) is 2.30. The van der Waals surface area contributed by atoms with E-state index in [9.17, 15) is 9.18 Å². The summed E-state index contributed by atoms with van der Waals surface area (Å²) in [5.74, 6) is -0.292. The van der Waals surface area contributed by atoms with Crippen LogP contribution in [0.1, 0.15) is 30.6 Å². The van der Waals surface area contributed by atoms with Crippen LogP contribution in [0.25, 0.3) is 0 Å². The second-order valence-corrected chi connectivity index (χ2v) is 4.36. The number of ketones is 1. The first kappa shape index (κ1) is 12.8. The molecule has 1 rings (SSSR count). The zero-order valence-electron chi connectivity index (χ0n) is 10.2. The second kappa shape index (κ2) is 4.74. The van der Waals surface area contributed by atoms with Crippen molar-refractivity contribution in [2.75, 3.05) is 14.1 Å². The first-order valence-electron chi connectivity index (χ1n) is 5.39. The van der Waals surface area contributed by atoms with Crippen LogP contribution in [0, 0.1) is 5.82 Å². The first-order chi connectivity index (χ1) is 7.41. The molecule has 0 saturated carbocycles. The Morgan fingerprint density at radius 1 is 1.31 bits per heavy atom. The molecule has 88 valence electrons. The lowest BCUT2D eigenvalue weighted by molar-refractivity contribution is 0.0710. The zero-order chi connectivity index (χ0) is 12.3. The minimum atomic E-state index is -0.530. The molecule has 0 fully saturated rings. The molecule has 2 nitrogen and oxygen atoms in total. The van der Waals surface area contributed by atoms with Gasteiger partial charge in [0.1, 0.15) is 5.82 Å². The lowest BCUT2D eigenvalue weighted by Gasteiger charge is -2.34. The summed E-state index contributed by atoms with van der Waals surface area (Å²) in [6.07, 6.45) is 0.718. The standard InChI is InChI=1S/C13H18FNO/c1-5-13(2,15(3)4)12(16)10-6-8-11(14)9-7-10/h6-9H,5H2,1-4H3. The molecule has 1 aromatic rings. The quantitative estimate of drug-likeness (QED) is 0.731. The number of carbonyl (C=O) groups is 1. The summed E-state index contributed by atoms with van der Waals surface area (Å²) < 4.78 is 12.8. The highest BCUT2D eigenvalue weighted by atomic mass is 19.1. The van der Waals surface area contributed by atoms with E-state index < -0.39 is 5.54 Å². The van der Waals surface area contributed by atoms with E-state index in [1.807, 2.05) is 32.8 Å². The van der Waals surface area contributed by atoms with Gasteiger partial charge >= 0.3 is 0 Å². The first-order valence-corrected chi connectivity index (χ1v) is 5.39. The third-order valence-corrected chi connectivity index (χ3v) is 3.27. The van der Waals surface area contributed by atoms with Gasteiger partial charge in [-0.05, 0) is 51.7 Å². The number of hydrogen-bond acceptors (Lipinski definition) is 2. The molecule has 0 radical (unpaired) electrons. The molecule has 0 saturated heterocycles. The van der Waals surface area contributed by atoms with E-state index >= 15 is 0 Å². The van der Waals surface area contributed by atoms with Crippen LogP contribution in [0.5, 0.6) is 0 Å². The number of benzene rings is 1. The van der Waals surface area contributed by atoms with E-state index in [-0.39, 0.29) is 11.6 Å². The average molecular weight is 223 g/mol. The predicted octanol–water partition coefficient (Wildman–Crippen LogP) is 2.74. The van der Waals surface area contributed by atoms with E-state index in [1.165, 1.54) is 24.3 Å². The van der Waals surface area contributed by atoms with Crippen molar-refractivity contribution in [3.8, 4) is 0 Å². The van der Waals surface area contributed by atoms with Gasteiger partial charge in [-0.15, -0.1) is 0 Å². The van der Waals surface area contributed by atoms with Gasteiger partial charge in [0, 0.05) is 5.56 Å². The number of nitrogens with zero attached hydrogens (tertiary/aromatic N) is 1. The Labute approximate surface area is 96.1 Å². The smallest absolute Gasteiger partial charge is 0.182 e. The number of Topliss-reactive ketones (excluding diaryl/α,β-unsaturated/α-hetero) is 1. The van der Waals surface area contributed by atoms with Crippen molar-refractivity contribution < 1.29 is 9.18 Å². The van der Waals surface area contributed by atoms with E-state index in [4.69, 9.17) is 0 Å². The van der Waals surface area contributed by atoms with Crippen molar-refractivity contribution in [1.82, 2.24) is 4.90 Å². The van der Waals surface area contributed by atoms with Gasteiger partial charge in [0.05, 0.1) is 5.54 Å². The Morgan fingerprint density at radius 2 is 1.81 bits per heavy atom. The molecule has 0 spiro atoms. The van der Waals surface area contributed by atoms with E-state index in [1.54, 1.807) is 0 Å². The SMILES string of the molecule is CCC(C)(C(=O)c1ccc(F)cc1)N(C)C. The Kier molecular flexibility index (Phi) is 3.81. The maximum absolute atomic E-state index is 12.8. The molecule has 0 aliphatic carbocycles. The third-order valence-electron chi connectivity index (χ3n) is 3.27. The normalized spacial score (nSPS) is 14.9. The van der Waals surface area contributed by atoms with Crippen LogP contribution in [-0.2, 0) is 0 Å². The van der Waals surface area contributed by atoms with Gasteiger partial charge in [0.15, 0.2) is 5.78 Å². The number of likely N-dealkylation sites (N-methyl/N-ethyl adjacent to an activating group) is 1. The summed E-state index contributed by atoms with van der Waals surface area (Å²) in [6.45, 7) is 3.88. The molecule has 0 N–H and O–H groups in total. The molecule has 0 aliphatic rings. The largest absolute Gasteiger partial charge is 0.297 e. The van der Waals surface area contributed by atoms with Crippen LogP contribution in [0.4, 0.5) is 4.39 Å². The van der Waals surface area contributed by atoms with Gasteiger partial charge in [-0.2, -0.15) is 0 Å². The van der Waals surface area contributed by atoms with Crippen LogP contribution in [0.2, 0.25) is 0 Å². The van der Waals surface area contributed by atoms with Crippen molar-refractivity contribution in [2.45, 2.75) is 25.8 Å². The van der Waals surface area contributed by atoms with Crippen molar-refractivity contribution in [2.24, 2.45) is 0 Å². The molecule has 0 heterocycles. The van der Waals surface area contributed by atoms with Gasteiger partial charge in [-0.3, -0.25) is 9.69 Å². The molecule has 0 amide bonds. The summed E-state index contributed by atoms with van der Waals surface area (Å²) in [5, 5.41) is 0. The monoisotopic (exact) mass is 223 g/mol. The van der Waals surface area contributed by atoms with E-state index in [0.717, 1.165) is 6.42 Å². The Balaban J connectivity index is 3.05. The molecule has 0 aromatic heterocycles. The van der Waals surface area contributed by atoms with Gasteiger partial charge in [0.25, 0.3) is 0 Å². The highest BCUT2D eigenvalue weighted by molar-refractivity contribution is 6.02. The number of rotatable bonds is 4. The minimum Gasteiger partial charge on any atom is -0.297 e. The van der Waals surface area contributed by atoms with Crippen molar-refractivity contribution in [3.05, 3.63) is 35.6 Å². The summed E-state index contributed by atoms with van der Waals surface area (Å²) >= 11 is 0. The molecule has 1 atom stereocenters. The second-order valence-electron chi connectivity index (χ2n) is 4.36. The van der Waals surface area contributed by atoms with E-state index in [2.05, 4.69) is 0 Å². The number of halogens is 1. The molecular weight excluding hydrogens is 205 g/mol. The van der Waals surface area contributed by atoms with Crippen molar-refractivity contribution >= 4 is 5.78 Å². The number of hydrogen-bond donors (Lipinski definition) is 0. The van der Waals surface area contributed by atoms with E-state index in [0.29, 0.717) is 5.56 Å². The van der Waals surface area contributed by atoms with Gasteiger partial charge in [-0.25, -0.2) is 4.39 Å². The fourth-order valence-corrected chi connectivity index (χ4v) is 1.59.